The Morgan fingerprint density at radius 2 is 2.22 bits per heavy atom. The highest BCUT2D eigenvalue weighted by molar-refractivity contribution is 9.10. The second-order valence-electron chi connectivity index (χ2n) is 4.15. The van der Waals surface area contributed by atoms with Crippen LogP contribution in [0.1, 0.15) is 19.3 Å². The molecular weight excluding hydrogens is 309 g/mol. The van der Waals surface area contributed by atoms with Gasteiger partial charge in [-0.05, 0) is 41.3 Å². The van der Waals surface area contributed by atoms with Gasteiger partial charge in [-0.1, -0.05) is 0 Å². The summed E-state index contributed by atoms with van der Waals surface area (Å²) in [6.07, 6.45) is 0.921. The first-order valence-electron chi connectivity index (χ1n) is 5.47. The molecule has 0 bridgehead atoms. The number of ether oxygens (including phenoxy) is 1. The fourth-order valence-corrected chi connectivity index (χ4v) is 2.51. The van der Waals surface area contributed by atoms with Gasteiger partial charge in [-0.3, -0.25) is 10.1 Å². The number of rotatable bonds is 3. The first-order valence-corrected chi connectivity index (χ1v) is 6.26. The Morgan fingerprint density at radius 3 is 2.78 bits per heavy atom. The number of nitro groups is 1. The van der Waals surface area contributed by atoms with E-state index in [0.29, 0.717) is 12.8 Å². The quantitative estimate of drug-likeness (QED) is 0.686. The molecule has 0 spiro atoms. The van der Waals surface area contributed by atoms with Crippen LogP contribution >= 0.6 is 15.9 Å². The van der Waals surface area contributed by atoms with Gasteiger partial charge >= 0.3 is 5.69 Å². The third-order valence-electron chi connectivity index (χ3n) is 2.87. The van der Waals surface area contributed by atoms with Gasteiger partial charge in [0, 0.05) is 0 Å². The molecule has 1 aromatic carbocycles. The normalized spacial score (nSPS) is 23.1. The van der Waals surface area contributed by atoms with Crippen molar-refractivity contribution in [2.75, 3.05) is 0 Å². The Bertz CT molecular complexity index is 482. The highest BCUT2D eigenvalue weighted by atomic mass is 79.9. The highest BCUT2D eigenvalue weighted by Gasteiger charge is 2.30. The smallest absolute Gasteiger partial charge is 0.315 e. The largest absolute Gasteiger partial charge is 0.480 e. The second-order valence-corrected chi connectivity index (χ2v) is 5.00. The molecule has 1 fully saturated rings. The third kappa shape index (κ3) is 2.62. The Labute approximate surface area is 111 Å². The first kappa shape index (κ1) is 13.2. The van der Waals surface area contributed by atoms with Gasteiger partial charge in [-0.15, -0.1) is 0 Å². The van der Waals surface area contributed by atoms with Crippen LogP contribution in [0.25, 0.3) is 0 Å². The fraction of sp³-hybridized carbons (Fsp3) is 0.455. The minimum atomic E-state index is -0.715. The second kappa shape index (κ2) is 5.19. The molecule has 98 valence electrons. The maximum absolute atomic E-state index is 13.1. The van der Waals surface area contributed by atoms with Gasteiger partial charge in [0.25, 0.3) is 0 Å². The van der Waals surface area contributed by atoms with Crippen molar-refractivity contribution in [3.63, 3.8) is 0 Å². The van der Waals surface area contributed by atoms with E-state index in [1.54, 1.807) is 0 Å². The molecule has 7 heteroatoms. The van der Waals surface area contributed by atoms with Gasteiger partial charge in [0.1, 0.15) is 11.9 Å². The van der Waals surface area contributed by atoms with Crippen molar-refractivity contribution in [1.29, 1.82) is 0 Å². The summed E-state index contributed by atoms with van der Waals surface area (Å²) in [7, 11) is 0. The minimum absolute atomic E-state index is 0.0349. The number of aliphatic hydroxyl groups is 1. The minimum Gasteiger partial charge on any atom is -0.480 e. The molecule has 18 heavy (non-hydrogen) atoms. The molecule has 1 aliphatic rings. The molecule has 1 saturated carbocycles. The number of hydrogen-bond acceptors (Lipinski definition) is 4. The van der Waals surface area contributed by atoms with Crippen molar-refractivity contribution in [2.45, 2.75) is 31.5 Å². The lowest BCUT2D eigenvalue weighted by Crippen LogP contribution is -2.26. The monoisotopic (exact) mass is 319 g/mol. The molecule has 0 aliphatic heterocycles. The molecule has 0 radical (unpaired) electrons. The van der Waals surface area contributed by atoms with Crippen LogP contribution in [0, 0.1) is 15.9 Å². The lowest BCUT2D eigenvalue weighted by Gasteiger charge is -2.17. The fourth-order valence-electron chi connectivity index (χ4n) is 1.99. The maximum Gasteiger partial charge on any atom is 0.315 e. The number of hydrogen-bond donors (Lipinski definition) is 1. The summed E-state index contributed by atoms with van der Waals surface area (Å²) in [4.78, 5) is 10.2. The Hall–Kier alpha value is -1.21. The van der Waals surface area contributed by atoms with Gasteiger partial charge in [-0.2, -0.15) is 0 Å². The van der Waals surface area contributed by atoms with Crippen LogP contribution in [0.3, 0.4) is 0 Å². The molecule has 2 atom stereocenters. The van der Waals surface area contributed by atoms with Crippen molar-refractivity contribution in [2.24, 2.45) is 0 Å². The van der Waals surface area contributed by atoms with E-state index >= 15 is 0 Å². The summed E-state index contributed by atoms with van der Waals surface area (Å²) in [5.41, 5.74) is -0.444. The molecule has 1 aliphatic carbocycles. The summed E-state index contributed by atoms with van der Waals surface area (Å²) < 4.78 is 18.8. The molecule has 0 unspecified atom stereocenters. The molecule has 0 saturated heterocycles. The molecule has 1 N–H and O–H groups in total. The number of halogens is 2. The van der Waals surface area contributed by atoms with Crippen molar-refractivity contribution in [3.05, 3.63) is 32.5 Å². The van der Waals surface area contributed by atoms with E-state index in [-0.39, 0.29) is 10.2 Å². The summed E-state index contributed by atoms with van der Waals surface area (Å²) in [5.74, 6) is -0.750. The van der Waals surface area contributed by atoms with E-state index in [4.69, 9.17) is 4.74 Å². The number of benzene rings is 1. The average Bonchev–Trinajstić information content (AvgIpc) is 2.67. The van der Waals surface area contributed by atoms with E-state index in [9.17, 15) is 19.6 Å². The molecule has 5 nitrogen and oxygen atoms in total. The lowest BCUT2D eigenvalue weighted by molar-refractivity contribution is -0.386. The Kier molecular flexibility index (Phi) is 3.82. The number of aliphatic hydroxyl groups excluding tert-OH is 1. The summed E-state index contributed by atoms with van der Waals surface area (Å²) in [5, 5.41) is 20.5. The Balaban J connectivity index is 2.33. The predicted molar refractivity (Wildman–Crippen MR) is 65.0 cm³/mol. The zero-order chi connectivity index (χ0) is 13.3. The van der Waals surface area contributed by atoms with E-state index in [1.165, 1.54) is 0 Å². The highest BCUT2D eigenvalue weighted by Crippen LogP contribution is 2.38. The van der Waals surface area contributed by atoms with Crippen LogP contribution in [-0.4, -0.2) is 22.2 Å². The zero-order valence-electron chi connectivity index (χ0n) is 9.31. The predicted octanol–water partition coefficient (Wildman–Crippen LogP) is 2.79. The summed E-state index contributed by atoms with van der Waals surface area (Å²) in [6, 6.07) is 1.91. The topological polar surface area (TPSA) is 72.6 Å². The van der Waals surface area contributed by atoms with Gasteiger partial charge in [0.2, 0.25) is 5.75 Å². The molecule has 2 rings (SSSR count). The van der Waals surface area contributed by atoms with E-state index in [1.807, 2.05) is 0 Å². The average molecular weight is 320 g/mol. The molecular formula is C11H11BrFNO4. The van der Waals surface area contributed by atoms with Gasteiger partial charge < -0.3 is 9.84 Å². The van der Waals surface area contributed by atoms with E-state index in [0.717, 1.165) is 18.6 Å². The van der Waals surface area contributed by atoms with Crippen LogP contribution in [0.2, 0.25) is 0 Å². The number of nitrogens with zero attached hydrogens (tertiary/aromatic N) is 1. The van der Waals surface area contributed by atoms with Crippen LogP contribution in [0.4, 0.5) is 10.1 Å². The maximum atomic E-state index is 13.1. The van der Waals surface area contributed by atoms with Gasteiger partial charge in [0.05, 0.1) is 21.6 Å². The van der Waals surface area contributed by atoms with Crippen LogP contribution in [0.15, 0.2) is 16.6 Å². The van der Waals surface area contributed by atoms with E-state index < -0.39 is 28.6 Å². The standard InChI is InChI=1S/C11H11BrFNO4/c12-7-4-6(13)5-8(14(16)17)11(7)18-10-3-1-2-9(10)15/h4-5,9-10,15H,1-3H2/t9-,10-/m0/s1. The van der Waals surface area contributed by atoms with Crippen LogP contribution in [0.5, 0.6) is 5.75 Å². The van der Waals surface area contributed by atoms with Crippen molar-refractivity contribution >= 4 is 21.6 Å². The molecule has 0 heterocycles. The van der Waals surface area contributed by atoms with Gasteiger partial charge in [-0.25, -0.2) is 4.39 Å². The lowest BCUT2D eigenvalue weighted by atomic mass is 10.2. The van der Waals surface area contributed by atoms with Crippen molar-refractivity contribution in [3.8, 4) is 5.75 Å². The van der Waals surface area contributed by atoms with Crippen LogP contribution in [-0.2, 0) is 0 Å². The molecule has 1 aromatic rings. The summed E-state index contributed by atoms with van der Waals surface area (Å²) in [6.45, 7) is 0. The summed E-state index contributed by atoms with van der Waals surface area (Å²) >= 11 is 3.04. The van der Waals surface area contributed by atoms with E-state index in [2.05, 4.69) is 15.9 Å². The Morgan fingerprint density at radius 1 is 1.50 bits per heavy atom. The van der Waals surface area contributed by atoms with Gasteiger partial charge in [0.15, 0.2) is 0 Å². The first-order chi connectivity index (χ1) is 8.49. The van der Waals surface area contributed by atoms with Crippen molar-refractivity contribution < 1.29 is 19.2 Å². The molecule has 0 aromatic heterocycles. The van der Waals surface area contributed by atoms with Crippen molar-refractivity contribution in [1.82, 2.24) is 0 Å². The third-order valence-corrected chi connectivity index (χ3v) is 3.46. The molecule has 0 amide bonds. The van der Waals surface area contributed by atoms with Crippen LogP contribution < -0.4 is 4.74 Å². The SMILES string of the molecule is O=[N+]([O-])c1cc(F)cc(Br)c1O[C@H]1CCC[C@@H]1O. The zero-order valence-corrected chi connectivity index (χ0v) is 10.9. The number of nitro benzene ring substituents is 1.